The summed E-state index contributed by atoms with van der Waals surface area (Å²) in [6.45, 7) is 3.71. The van der Waals surface area contributed by atoms with Crippen LogP contribution < -0.4 is 9.64 Å². The predicted molar refractivity (Wildman–Crippen MR) is 126 cm³/mol. The van der Waals surface area contributed by atoms with Crippen LogP contribution in [0.2, 0.25) is 0 Å². The Labute approximate surface area is 201 Å². The van der Waals surface area contributed by atoms with Gasteiger partial charge in [0, 0.05) is 47.4 Å². The highest BCUT2D eigenvalue weighted by Gasteiger charge is 2.33. The molecule has 0 bridgehead atoms. The highest BCUT2D eigenvalue weighted by Crippen LogP contribution is 2.41. The van der Waals surface area contributed by atoms with Gasteiger partial charge in [0.1, 0.15) is 18.2 Å². The average Bonchev–Trinajstić information content (AvgIpc) is 3.55. The Bertz CT molecular complexity index is 1230. The zero-order chi connectivity index (χ0) is 24.6. The molecule has 0 saturated carbocycles. The maximum atomic E-state index is 13.3. The molecule has 1 N–H and O–H groups in total. The van der Waals surface area contributed by atoms with Crippen LogP contribution in [-0.4, -0.2) is 35.6 Å². The van der Waals surface area contributed by atoms with Gasteiger partial charge >= 0.3 is 12.1 Å². The molecule has 2 aliphatic rings. The molecule has 1 aliphatic heterocycles. The number of alkyl halides is 3. The molecule has 5 rings (SSSR count). The van der Waals surface area contributed by atoms with Crippen molar-refractivity contribution < 1.29 is 27.4 Å². The van der Waals surface area contributed by atoms with Gasteiger partial charge in [0.25, 0.3) is 0 Å². The summed E-state index contributed by atoms with van der Waals surface area (Å²) in [5.41, 5.74) is 2.83. The topological polar surface area (TPSA) is 67.5 Å². The van der Waals surface area contributed by atoms with Gasteiger partial charge in [-0.2, -0.15) is 13.2 Å². The van der Waals surface area contributed by atoms with Crippen molar-refractivity contribution in [2.45, 2.75) is 57.7 Å². The molecule has 186 valence electrons. The van der Waals surface area contributed by atoms with E-state index < -0.39 is 11.7 Å². The van der Waals surface area contributed by atoms with Gasteiger partial charge in [-0.25, -0.2) is 4.98 Å². The Balaban J connectivity index is 1.37. The molecule has 1 atom stereocenters. The number of nitrogens with zero attached hydrogens (tertiary/aromatic N) is 2. The minimum atomic E-state index is -4.46. The molecule has 6 nitrogen and oxygen atoms in total. The Morgan fingerprint density at radius 3 is 2.77 bits per heavy atom. The van der Waals surface area contributed by atoms with Gasteiger partial charge in [-0.3, -0.25) is 4.79 Å². The number of aromatic nitrogens is 2. The molecule has 1 saturated heterocycles. The number of anilines is 1. The van der Waals surface area contributed by atoms with Crippen LogP contribution in [0.3, 0.4) is 0 Å². The third kappa shape index (κ3) is 4.81. The lowest BCUT2D eigenvalue weighted by atomic mass is 10.0. The van der Waals surface area contributed by atoms with Gasteiger partial charge in [-0.15, -0.1) is 0 Å². The summed E-state index contributed by atoms with van der Waals surface area (Å²) in [5, 5.41) is 1.02. The number of aromatic amines is 1. The summed E-state index contributed by atoms with van der Waals surface area (Å²) in [4.78, 5) is 21.6. The van der Waals surface area contributed by atoms with E-state index in [1.54, 1.807) is 6.92 Å². The van der Waals surface area contributed by atoms with Crippen LogP contribution in [0, 0.1) is 0 Å². The molecule has 3 heterocycles. The molecule has 3 aromatic rings. The van der Waals surface area contributed by atoms with Crippen LogP contribution in [0.4, 0.5) is 19.0 Å². The van der Waals surface area contributed by atoms with Crippen LogP contribution in [0.15, 0.2) is 30.5 Å². The first-order valence-electron chi connectivity index (χ1n) is 12.1. The van der Waals surface area contributed by atoms with E-state index >= 15 is 0 Å². The van der Waals surface area contributed by atoms with Gasteiger partial charge < -0.3 is 19.4 Å². The third-order valence-corrected chi connectivity index (χ3v) is 6.85. The second-order valence-corrected chi connectivity index (χ2v) is 9.16. The van der Waals surface area contributed by atoms with Crippen molar-refractivity contribution in [3.63, 3.8) is 0 Å². The maximum absolute atomic E-state index is 13.3. The number of esters is 1. The van der Waals surface area contributed by atoms with E-state index in [9.17, 15) is 18.0 Å². The van der Waals surface area contributed by atoms with Crippen molar-refractivity contribution in [3.05, 3.63) is 52.8 Å². The lowest BCUT2D eigenvalue weighted by Crippen LogP contribution is -2.22. The maximum Gasteiger partial charge on any atom is 0.417 e. The lowest BCUT2D eigenvalue weighted by molar-refractivity contribution is -0.143. The first-order valence-corrected chi connectivity index (χ1v) is 12.1. The van der Waals surface area contributed by atoms with Crippen LogP contribution in [0.5, 0.6) is 5.75 Å². The SMILES string of the molecule is CCOC(=O)CC1CCc2c1[nH]c1ccc(OCc3cc(C(F)(F)F)cnc3N3CCCC3)cc21. The van der Waals surface area contributed by atoms with Crippen molar-refractivity contribution in [1.82, 2.24) is 9.97 Å². The second-order valence-electron chi connectivity index (χ2n) is 9.16. The van der Waals surface area contributed by atoms with E-state index in [1.807, 2.05) is 23.1 Å². The van der Waals surface area contributed by atoms with Crippen molar-refractivity contribution in [1.29, 1.82) is 0 Å². The van der Waals surface area contributed by atoms with Gasteiger partial charge in [0.15, 0.2) is 0 Å². The number of halogens is 3. The number of nitrogens with one attached hydrogen (secondary N) is 1. The zero-order valence-electron chi connectivity index (χ0n) is 19.6. The zero-order valence-corrected chi connectivity index (χ0v) is 19.6. The molecule has 1 fully saturated rings. The van der Waals surface area contributed by atoms with Crippen LogP contribution in [0.25, 0.3) is 10.9 Å². The molecule has 0 radical (unpaired) electrons. The number of hydrogen-bond acceptors (Lipinski definition) is 5. The van der Waals surface area contributed by atoms with E-state index in [-0.39, 0.29) is 18.5 Å². The smallest absolute Gasteiger partial charge is 0.417 e. The van der Waals surface area contributed by atoms with E-state index in [0.717, 1.165) is 67.6 Å². The Kier molecular flexibility index (Phi) is 6.34. The fourth-order valence-corrected chi connectivity index (χ4v) is 5.18. The third-order valence-electron chi connectivity index (χ3n) is 6.85. The van der Waals surface area contributed by atoms with Crippen molar-refractivity contribution in [3.8, 4) is 5.75 Å². The number of aryl methyl sites for hydroxylation is 1. The Morgan fingerprint density at radius 1 is 1.23 bits per heavy atom. The number of carbonyl (C=O) groups is 1. The Hall–Kier alpha value is -3.23. The molecule has 2 aromatic heterocycles. The minimum Gasteiger partial charge on any atom is -0.489 e. The first-order chi connectivity index (χ1) is 16.8. The van der Waals surface area contributed by atoms with Crippen LogP contribution >= 0.6 is 0 Å². The fraction of sp³-hybridized carbons (Fsp3) is 0.462. The van der Waals surface area contributed by atoms with E-state index in [2.05, 4.69) is 9.97 Å². The number of rotatable bonds is 7. The predicted octanol–water partition coefficient (Wildman–Crippen LogP) is 5.74. The number of H-pyrrole nitrogens is 1. The molecule has 0 amide bonds. The molecule has 9 heteroatoms. The molecular formula is C26H28F3N3O3. The fourth-order valence-electron chi connectivity index (χ4n) is 5.18. The van der Waals surface area contributed by atoms with Crippen molar-refractivity contribution in [2.24, 2.45) is 0 Å². The minimum absolute atomic E-state index is 0.00758. The number of carbonyl (C=O) groups excluding carboxylic acids is 1. The van der Waals surface area contributed by atoms with Crippen molar-refractivity contribution in [2.75, 3.05) is 24.6 Å². The summed E-state index contributed by atoms with van der Waals surface area (Å²) < 4.78 is 51.1. The summed E-state index contributed by atoms with van der Waals surface area (Å²) >= 11 is 0. The first kappa shape index (κ1) is 23.5. The number of hydrogen-bond donors (Lipinski definition) is 1. The monoisotopic (exact) mass is 487 g/mol. The number of pyridine rings is 1. The van der Waals surface area contributed by atoms with Crippen molar-refractivity contribution >= 4 is 22.7 Å². The molecule has 35 heavy (non-hydrogen) atoms. The van der Waals surface area contributed by atoms with E-state index in [4.69, 9.17) is 9.47 Å². The number of ether oxygens (including phenoxy) is 2. The van der Waals surface area contributed by atoms with Gasteiger partial charge in [0.2, 0.25) is 0 Å². The van der Waals surface area contributed by atoms with E-state index in [1.165, 1.54) is 5.56 Å². The summed E-state index contributed by atoms with van der Waals surface area (Å²) in [6.07, 6.45) is 0.494. The summed E-state index contributed by atoms with van der Waals surface area (Å²) in [6, 6.07) is 6.79. The van der Waals surface area contributed by atoms with Gasteiger partial charge in [-0.1, -0.05) is 0 Å². The van der Waals surface area contributed by atoms with Crippen LogP contribution in [0.1, 0.15) is 60.9 Å². The molecular weight excluding hydrogens is 459 g/mol. The van der Waals surface area contributed by atoms with Gasteiger partial charge in [0.05, 0.1) is 18.6 Å². The highest BCUT2D eigenvalue weighted by molar-refractivity contribution is 5.87. The molecule has 0 spiro atoms. The molecule has 1 unspecified atom stereocenters. The normalized spacial score (nSPS) is 17.7. The summed E-state index contributed by atoms with van der Waals surface area (Å²) in [5.74, 6) is 1.04. The highest BCUT2D eigenvalue weighted by atomic mass is 19.4. The molecule has 1 aliphatic carbocycles. The largest absolute Gasteiger partial charge is 0.489 e. The van der Waals surface area contributed by atoms with Gasteiger partial charge in [-0.05, 0) is 62.4 Å². The molecule has 1 aromatic carbocycles. The standard InChI is InChI=1S/C26H28F3N3O3/c1-2-34-23(33)12-16-5-7-20-21-13-19(6-8-22(21)31-24(16)20)35-15-17-11-18(26(27,28)29)14-30-25(17)32-9-3-4-10-32/h6,8,11,13-14,16,31H,2-5,7,9-10,12,15H2,1H3. The number of benzene rings is 1. The van der Waals surface area contributed by atoms with E-state index in [0.29, 0.717) is 30.2 Å². The van der Waals surface area contributed by atoms with Crippen LogP contribution in [-0.2, 0) is 28.7 Å². The quantitative estimate of drug-likeness (QED) is 0.430. The lowest BCUT2D eigenvalue weighted by Gasteiger charge is -2.21. The average molecular weight is 488 g/mol. The summed E-state index contributed by atoms with van der Waals surface area (Å²) in [7, 11) is 0. The second kappa shape index (κ2) is 9.43. The number of fused-ring (bicyclic) bond motifs is 3. The Morgan fingerprint density at radius 2 is 2.03 bits per heavy atom.